The van der Waals surface area contributed by atoms with Gasteiger partial charge in [0, 0.05) is 30.2 Å². The smallest absolute Gasteiger partial charge is 0.287 e. The second kappa shape index (κ2) is 10.6. The highest BCUT2D eigenvalue weighted by Crippen LogP contribution is 2.15. The lowest BCUT2D eigenvalue weighted by Crippen LogP contribution is -2.39. The van der Waals surface area contributed by atoms with Gasteiger partial charge in [0.2, 0.25) is 0 Å². The molecule has 146 valence electrons. The Hall–Kier alpha value is -2.47. The van der Waals surface area contributed by atoms with E-state index in [0.717, 1.165) is 35.1 Å². The molecule has 6 nitrogen and oxygen atoms in total. The maximum Gasteiger partial charge on any atom is 0.287 e. The lowest BCUT2D eigenvalue weighted by atomic mass is 10.1. The molecule has 27 heavy (non-hydrogen) atoms. The molecule has 7 heteroatoms. The van der Waals surface area contributed by atoms with Gasteiger partial charge < -0.3 is 20.4 Å². The molecule has 0 aliphatic carbocycles. The van der Waals surface area contributed by atoms with Crippen LogP contribution in [0.15, 0.2) is 46.0 Å². The molecule has 0 bridgehead atoms. The SMILES string of the molecule is CCNC(=NCCCNC(=O)c1occc1C)NC(C)c1ccc(Cl)cc1. The van der Waals surface area contributed by atoms with Gasteiger partial charge in [0.05, 0.1) is 12.3 Å². The highest BCUT2D eigenvalue weighted by molar-refractivity contribution is 6.30. The first-order valence-corrected chi connectivity index (χ1v) is 9.51. The highest BCUT2D eigenvalue weighted by Gasteiger charge is 2.11. The van der Waals surface area contributed by atoms with Gasteiger partial charge in [0.25, 0.3) is 5.91 Å². The number of aliphatic imine (C=N–C) groups is 1. The number of carbonyl (C=O) groups is 1. The number of nitrogens with one attached hydrogen (secondary N) is 3. The normalized spacial score (nSPS) is 12.5. The van der Waals surface area contributed by atoms with Crippen molar-refractivity contribution in [3.05, 3.63) is 58.5 Å². The minimum atomic E-state index is -0.192. The topological polar surface area (TPSA) is 78.7 Å². The molecule has 1 aromatic carbocycles. The monoisotopic (exact) mass is 390 g/mol. The predicted molar refractivity (Wildman–Crippen MR) is 109 cm³/mol. The van der Waals surface area contributed by atoms with Crippen molar-refractivity contribution in [2.45, 2.75) is 33.2 Å². The summed E-state index contributed by atoms with van der Waals surface area (Å²) in [4.78, 5) is 16.5. The molecule has 0 spiro atoms. The zero-order valence-electron chi connectivity index (χ0n) is 16.0. The Morgan fingerprint density at radius 3 is 2.59 bits per heavy atom. The third kappa shape index (κ3) is 6.64. The molecule has 2 rings (SSSR count). The Morgan fingerprint density at radius 2 is 1.96 bits per heavy atom. The van der Waals surface area contributed by atoms with Crippen LogP contribution in [0.3, 0.4) is 0 Å². The van der Waals surface area contributed by atoms with E-state index < -0.39 is 0 Å². The predicted octanol–water partition coefficient (Wildman–Crippen LogP) is 3.68. The van der Waals surface area contributed by atoms with Crippen molar-refractivity contribution < 1.29 is 9.21 Å². The average Bonchev–Trinajstić information content (AvgIpc) is 3.08. The summed E-state index contributed by atoms with van der Waals surface area (Å²) in [5.74, 6) is 0.918. The number of amides is 1. The van der Waals surface area contributed by atoms with Crippen LogP contribution in [0.5, 0.6) is 0 Å². The van der Waals surface area contributed by atoms with E-state index in [4.69, 9.17) is 16.0 Å². The van der Waals surface area contributed by atoms with Crippen molar-refractivity contribution in [3.63, 3.8) is 0 Å². The van der Waals surface area contributed by atoms with Crippen molar-refractivity contribution in [1.29, 1.82) is 0 Å². The van der Waals surface area contributed by atoms with Crippen LogP contribution in [0.1, 0.15) is 48.0 Å². The van der Waals surface area contributed by atoms with Gasteiger partial charge in [0.15, 0.2) is 11.7 Å². The van der Waals surface area contributed by atoms with Crippen LogP contribution in [-0.2, 0) is 0 Å². The molecular formula is C20H27ClN4O2. The zero-order chi connectivity index (χ0) is 19.6. The second-order valence-electron chi connectivity index (χ2n) is 6.22. The number of aryl methyl sites for hydroxylation is 1. The number of benzene rings is 1. The number of hydrogen-bond acceptors (Lipinski definition) is 3. The molecular weight excluding hydrogens is 364 g/mol. The number of guanidine groups is 1. The first-order valence-electron chi connectivity index (χ1n) is 9.14. The Kier molecular flexibility index (Phi) is 8.20. The Balaban J connectivity index is 1.79. The maximum atomic E-state index is 12.0. The molecule has 1 heterocycles. The van der Waals surface area contributed by atoms with Crippen molar-refractivity contribution in [1.82, 2.24) is 16.0 Å². The average molecular weight is 391 g/mol. The van der Waals surface area contributed by atoms with Crippen molar-refractivity contribution in [2.24, 2.45) is 4.99 Å². The molecule has 2 aromatic rings. The molecule has 3 N–H and O–H groups in total. The van der Waals surface area contributed by atoms with Crippen LogP contribution in [0.4, 0.5) is 0 Å². The Labute approximate surface area is 165 Å². The van der Waals surface area contributed by atoms with Gasteiger partial charge in [-0.15, -0.1) is 0 Å². The minimum absolute atomic E-state index is 0.0988. The van der Waals surface area contributed by atoms with Gasteiger partial charge in [0.1, 0.15) is 0 Å². The van der Waals surface area contributed by atoms with Crippen LogP contribution in [-0.4, -0.2) is 31.5 Å². The van der Waals surface area contributed by atoms with Gasteiger partial charge in [-0.1, -0.05) is 23.7 Å². The number of carbonyl (C=O) groups excluding carboxylic acids is 1. The van der Waals surface area contributed by atoms with Crippen molar-refractivity contribution in [3.8, 4) is 0 Å². The van der Waals surface area contributed by atoms with Gasteiger partial charge >= 0.3 is 0 Å². The van der Waals surface area contributed by atoms with Gasteiger partial charge in [-0.3, -0.25) is 9.79 Å². The fourth-order valence-corrected chi connectivity index (χ4v) is 2.64. The van der Waals surface area contributed by atoms with Crippen LogP contribution < -0.4 is 16.0 Å². The quantitative estimate of drug-likeness (QED) is 0.365. The van der Waals surface area contributed by atoms with Gasteiger partial charge in [-0.05, 0) is 51.0 Å². The van der Waals surface area contributed by atoms with E-state index in [1.807, 2.05) is 38.1 Å². The van der Waals surface area contributed by atoms with Gasteiger partial charge in [-0.2, -0.15) is 0 Å². The number of halogens is 1. The molecule has 1 aromatic heterocycles. The van der Waals surface area contributed by atoms with Crippen LogP contribution in [0.25, 0.3) is 0 Å². The third-order valence-corrected chi connectivity index (χ3v) is 4.28. The summed E-state index contributed by atoms with van der Waals surface area (Å²) in [5.41, 5.74) is 1.96. The lowest BCUT2D eigenvalue weighted by Gasteiger charge is -2.18. The molecule has 0 aliphatic heterocycles. The van der Waals surface area contributed by atoms with Gasteiger partial charge in [-0.25, -0.2) is 0 Å². The summed E-state index contributed by atoms with van der Waals surface area (Å²) in [6.07, 6.45) is 2.25. The van der Waals surface area contributed by atoms with Crippen LogP contribution in [0.2, 0.25) is 5.02 Å². The van der Waals surface area contributed by atoms with E-state index in [2.05, 4.69) is 27.9 Å². The number of furan rings is 1. The van der Waals surface area contributed by atoms with Crippen molar-refractivity contribution >= 4 is 23.5 Å². The van der Waals surface area contributed by atoms with E-state index in [0.29, 0.717) is 18.8 Å². The fraction of sp³-hybridized carbons (Fsp3) is 0.400. The fourth-order valence-electron chi connectivity index (χ4n) is 2.52. The molecule has 1 atom stereocenters. The standard InChI is InChI=1S/C20H27ClN4O2/c1-4-22-20(25-15(3)16-6-8-17(21)9-7-16)24-12-5-11-23-19(26)18-14(2)10-13-27-18/h6-10,13,15H,4-5,11-12H2,1-3H3,(H,23,26)(H2,22,24,25). The largest absolute Gasteiger partial charge is 0.459 e. The van der Waals surface area contributed by atoms with E-state index in [-0.39, 0.29) is 11.9 Å². The summed E-state index contributed by atoms with van der Waals surface area (Å²) in [5, 5.41) is 10.2. The van der Waals surface area contributed by atoms with Crippen molar-refractivity contribution in [2.75, 3.05) is 19.6 Å². The molecule has 0 saturated carbocycles. The number of rotatable bonds is 8. The Bertz CT molecular complexity index is 756. The third-order valence-electron chi connectivity index (χ3n) is 4.03. The zero-order valence-corrected chi connectivity index (χ0v) is 16.8. The van der Waals surface area contributed by atoms with E-state index in [1.54, 1.807) is 6.07 Å². The number of nitrogens with zero attached hydrogens (tertiary/aromatic N) is 1. The molecule has 0 aliphatic rings. The first kappa shape index (κ1) is 20.8. The van der Waals surface area contributed by atoms with E-state index in [9.17, 15) is 4.79 Å². The molecule has 1 amide bonds. The molecule has 0 radical (unpaired) electrons. The minimum Gasteiger partial charge on any atom is -0.459 e. The van der Waals surface area contributed by atoms with E-state index in [1.165, 1.54) is 6.26 Å². The first-order chi connectivity index (χ1) is 13.0. The molecule has 1 unspecified atom stereocenters. The maximum absolute atomic E-state index is 12.0. The van der Waals surface area contributed by atoms with Crippen LogP contribution in [0, 0.1) is 6.92 Å². The molecule has 0 saturated heterocycles. The second-order valence-corrected chi connectivity index (χ2v) is 6.66. The number of hydrogen-bond donors (Lipinski definition) is 3. The summed E-state index contributed by atoms with van der Waals surface area (Å²) in [6, 6.07) is 9.62. The highest BCUT2D eigenvalue weighted by atomic mass is 35.5. The summed E-state index contributed by atoms with van der Waals surface area (Å²) in [6.45, 7) is 7.85. The lowest BCUT2D eigenvalue weighted by molar-refractivity contribution is 0.0925. The Morgan fingerprint density at radius 1 is 1.22 bits per heavy atom. The van der Waals surface area contributed by atoms with Crippen LogP contribution >= 0.6 is 11.6 Å². The summed E-state index contributed by atoms with van der Waals surface area (Å²) < 4.78 is 5.18. The molecule has 0 fully saturated rings. The summed E-state index contributed by atoms with van der Waals surface area (Å²) >= 11 is 5.94. The van der Waals surface area contributed by atoms with E-state index >= 15 is 0 Å². The summed E-state index contributed by atoms with van der Waals surface area (Å²) in [7, 11) is 0.